The smallest absolute Gasteiger partial charge is 0.173 e. The molecule has 1 aromatic carbocycles. The maximum Gasteiger partial charge on any atom is 0.173 e. The van der Waals surface area contributed by atoms with Gasteiger partial charge in [0.05, 0.1) is 10.2 Å². The number of hydrogen-bond donors (Lipinski definition) is 1. The van der Waals surface area contributed by atoms with Gasteiger partial charge in [0.15, 0.2) is 11.6 Å². The summed E-state index contributed by atoms with van der Waals surface area (Å²) in [5, 5.41) is 5.85. The molecule has 102 valence electrons. The topological polar surface area (TPSA) is 24.9 Å². The Morgan fingerprint density at radius 3 is 2.79 bits per heavy atom. The zero-order chi connectivity index (χ0) is 14.0. The van der Waals surface area contributed by atoms with Gasteiger partial charge in [0.1, 0.15) is 5.01 Å². The van der Waals surface area contributed by atoms with Crippen LogP contribution in [0.25, 0.3) is 10.6 Å². The Morgan fingerprint density at radius 1 is 1.37 bits per heavy atom. The van der Waals surface area contributed by atoms with Crippen LogP contribution in [0.15, 0.2) is 22.0 Å². The van der Waals surface area contributed by atoms with Crippen LogP contribution >= 0.6 is 27.3 Å². The van der Waals surface area contributed by atoms with Gasteiger partial charge in [-0.1, -0.05) is 13.8 Å². The van der Waals surface area contributed by atoms with E-state index in [0.29, 0.717) is 23.2 Å². The van der Waals surface area contributed by atoms with E-state index in [9.17, 15) is 8.78 Å². The van der Waals surface area contributed by atoms with Gasteiger partial charge in [-0.2, -0.15) is 0 Å². The summed E-state index contributed by atoms with van der Waals surface area (Å²) in [6, 6.07) is 3.02. The number of rotatable bonds is 4. The molecule has 0 saturated carbocycles. The highest BCUT2D eigenvalue weighted by molar-refractivity contribution is 9.10. The number of nitrogens with zero attached hydrogens (tertiary/aromatic N) is 1. The third kappa shape index (κ3) is 3.38. The quantitative estimate of drug-likeness (QED) is 0.832. The molecule has 0 unspecified atom stereocenters. The van der Waals surface area contributed by atoms with Gasteiger partial charge in [0, 0.05) is 23.5 Å². The lowest BCUT2D eigenvalue weighted by atomic mass is 10.2. The van der Waals surface area contributed by atoms with Crippen molar-refractivity contribution in [2.24, 2.45) is 0 Å². The Morgan fingerprint density at radius 2 is 2.11 bits per heavy atom. The second kappa shape index (κ2) is 6.07. The monoisotopic (exact) mass is 346 g/mol. The standard InChI is InChI=1S/C13H13BrF2N2S/c1-7(2)17-5-8-6-19-13(18-8)9-3-4-10(15)12(16)11(9)14/h3-4,6-7,17H,5H2,1-2H3. The first-order chi connectivity index (χ1) is 8.99. The largest absolute Gasteiger partial charge is 0.309 e. The maximum absolute atomic E-state index is 13.5. The van der Waals surface area contributed by atoms with Gasteiger partial charge in [0.2, 0.25) is 0 Å². The van der Waals surface area contributed by atoms with Gasteiger partial charge in [-0.15, -0.1) is 11.3 Å². The van der Waals surface area contributed by atoms with Crippen molar-refractivity contribution in [2.75, 3.05) is 0 Å². The zero-order valence-electron chi connectivity index (χ0n) is 10.5. The molecule has 2 nitrogen and oxygen atoms in total. The van der Waals surface area contributed by atoms with Crippen molar-refractivity contribution in [1.29, 1.82) is 0 Å². The molecule has 0 fully saturated rings. The molecule has 0 radical (unpaired) electrons. The van der Waals surface area contributed by atoms with E-state index < -0.39 is 11.6 Å². The Balaban J connectivity index is 2.26. The lowest BCUT2D eigenvalue weighted by Gasteiger charge is -2.05. The molecule has 0 saturated heterocycles. The van der Waals surface area contributed by atoms with E-state index in [1.54, 1.807) is 0 Å². The lowest BCUT2D eigenvalue weighted by Crippen LogP contribution is -2.21. The molecule has 1 aromatic heterocycles. The summed E-state index contributed by atoms with van der Waals surface area (Å²) >= 11 is 4.49. The molecule has 2 rings (SSSR count). The molecule has 0 aliphatic carbocycles. The number of aromatic nitrogens is 1. The van der Waals surface area contributed by atoms with Crippen LogP contribution < -0.4 is 5.32 Å². The van der Waals surface area contributed by atoms with Gasteiger partial charge in [0.25, 0.3) is 0 Å². The molecule has 1 heterocycles. The van der Waals surface area contributed by atoms with Gasteiger partial charge in [-0.05, 0) is 28.1 Å². The molecular weight excluding hydrogens is 334 g/mol. The maximum atomic E-state index is 13.5. The van der Waals surface area contributed by atoms with E-state index in [0.717, 1.165) is 11.8 Å². The Kier molecular flexibility index (Phi) is 4.65. The first-order valence-corrected chi connectivity index (χ1v) is 7.48. The molecule has 1 N–H and O–H groups in total. The Labute approximate surface area is 123 Å². The van der Waals surface area contributed by atoms with Crippen molar-refractivity contribution < 1.29 is 8.78 Å². The second-order valence-electron chi connectivity index (χ2n) is 4.40. The Bertz CT molecular complexity index is 584. The molecule has 0 atom stereocenters. The molecule has 0 amide bonds. The predicted octanol–water partition coefficient (Wildman–Crippen LogP) is 4.35. The van der Waals surface area contributed by atoms with Gasteiger partial charge in [-0.25, -0.2) is 13.8 Å². The number of nitrogens with one attached hydrogen (secondary N) is 1. The highest BCUT2D eigenvalue weighted by Gasteiger charge is 2.15. The summed E-state index contributed by atoms with van der Waals surface area (Å²) in [7, 11) is 0. The molecule has 0 aliphatic heterocycles. The fourth-order valence-corrected chi connectivity index (χ4v) is 3.00. The van der Waals surface area contributed by atoms with E-state index >= 15 is 0 Å². The molecule has 6 heteroatoms. The minimum Gasteiger partial charge on any atom is -0.309 e. The van der Waals surface area contributed by atoms with Gasteiger partial charge < -0.3 is 5.32 Å². The van der Waals surface area contributed by atoms with Crippen molar-refractivity contribution in [3.05, 3.63) is 39.3 Å². The number of hydrogen-bond acceptors (Lipinski definition) is 3. The number of halogens is 3. The van der Waals surface area contributed by atoms with Gasteiger partial charge >= 0.3 is 0 Å². The fraction of sp³-hybridized carbons (Fsp3) is 0.308. The summed E-state index contributed by atoms with van der Waals surface area (Å²) in [5.41, 5.74) is 1.46. The fourth-order valence-electron chi connectivity index (χ4n) is 1.51. The first kappa shape index (κ1) is 14.6. The van der Waals surface area contributed by atoms with E-state index in [1.165, 1.54) is 17.4 Å². The van der Waals surface area contributed by atoms with Crippen LogP contribution in [0.4, 0.5) is 8.78 Å². The van der Waals surface area contributed by atoms with Crippen LogP contribution in [0.1, 0.15) is 19.5 Å². The van der Waals surface area contributed by atoms with E-state index in [-0.39, 0.29) is 4.47 Å². The summed E-state index contributed by atoms with van der Waals surface area (Å²) in [6.07, 6.45) is 0. The second-order valence-corrected chi connectivity index (χ2v) is 6.05. The lowest BCUT2D eigenvalue weighted by molar-refractivity contribution is 0.504. The van der Waals surface area contributed by atoms with Crippen LogP contribution in [-0.2, 0) is 6.54 Å². The van der Waals surface area contributed by atoms with Crippen LogP contribution in [0.2, 0.25) is 0 Å². The summed E-state index contributed by atoms with van der Waals surface area (Å²) < 4.78 is 26.7. The van der Waals surface area contributed by atoms with Crippen molar-refractivity contribution in [3.8, 4) is 10.6 Å². The predicted molar refractivity (Wildman–Crippen MR) is 77.1 cm³/mol. The highest BCUT2D eigenvalue weighted by atomic mass is 79.9. The van der Waals surface area contributed by atoms with Crippen molar-refractivity contribution in [2.45, 2.75) is 26.4 Å². The van der Waals surface area contributed by atoms with E-state index in [2.05, 4.69) is 40.1 Å². The number of benzene rings is 1. The van der Waals surface area contributed by atoms with Crippen molar-refractivity contribution >= 4 is 27.3 Å². The average molecular weight is 347 g/mol. The minimum absolute atomic E-state index is 0.116. The van der Waals surface area contributed by atoms with Gasteiger partial charge in [-0.3, -0.25) is 0 Å². The number of thiazole rings is 1. The highest BCUT2D eigenvalue weighted by Crippen LogP contribution is 2.33. The Hall–Kier alpha value is -0.850. The first-order valence-electron chi connectivity index (χ1n) is 5.80. The normalized spacial score (nSPS) is 11.3. The average Bonchev–Trinajstić information content (AvgIpc) is 2.82. The molecule has 0 spiro atoms. The van der Waals surface area contributed by atoms with Crippen molar-refractivity contribution in [1.82, 2.24) is 10.3 Å². The molecule has 19 heavy (non-hydrogen) atoms. The summed E-state index contributed by atoms with van der Waals surface area (Å²) in [5.74, 6) is -1.75. The summed E-state index contributed by atoms with van der Waals surface area (Å²) in [4.78, 5) is 4.42. The molecule has 0 bridgehead atoms. The third-order valence-electron chi connectivity index (χ3n) is 2.51. The third-order valence-corrected chi connectivity index (χ3v) is 4.21. The molecular formula is C13H13BrF2N2S. The van der Waals surface area contributed by atoms with Crippen LogP contribution in [0, 0.1) is 11.6 Å². The SMILES string of the molecule is CC(C)NCc1csc(-c2ccc(F)c(F)c2Br)n1. The van der Waals surface area contributed by atoms with E-state index in [4.69, 9.17) is 0 Å². The molecule has 2 aromatic rings. The zero-order valence-corrected chi connectivity index (χ0v) is 12.9. The molecule has 0 aliphatic rings. The van der Waals surface area contributed by atoms with Crippen molar-refractivity contribution in [3.63, 3.8) is 0 Å². The van der Waals surface area contributed by atoms with E-state index in [1.807, 2.05) is 5.38 Å². The minimum atomic E-state index is -0.880. The van der Waals surface area contributed by atoms with Crippen LogP contribution in [0.5, 0.6) is 0 Å². The van der Waals surface area contributed by atoms with Crippen LogP contribution in [0.3, 0.4) is 0 Å². The summed E-state index contributed by atoms with van der Waals surface area (Å²) in [6.45, 7) is 4.77. The van der Waals surface area contributed by atoms with Crippen LogP contribution in [-0.4, -0.2) is 11.0 Å².